The molecule has 8 nitrogen and oxygen atoms in total. The quantitative estimate of drug-likeness (QED) is 0.479. The Bertz CT molecular complexity index is 1400. The lowest BCUT2D eigenvalue weighted by Crippen LogP contribution is -2.58. The molecule has 2 aliphatic heterocycles. The molecule has 0 bridgehead atoms. The van der Waals surface area contributed by atoms with E-state index in [0.717, 1.165) is 43.2 Å². The number of aromatic nitrogens is 3. The van der Waals surface area contributed by atoms with Crippen LogP contribution in [0.5, 0.6) is 0 Å². The number of hydrogen-bond donors (Lipinski definition) is 0. The van der Waals surface area contributed by atoms with Gasteiger partial charge in [0.15, 0.2) is 0 Å². The standard InChI is InChI=1S/C26H31N5O3S2/c1-7-21(32)31-16(4)10-29(11-17(31)5)25-19-8-14(2)22(20-9-15(3)28-36-20)24-23(19)30(26(33)27-25)12-18(34-6)13-35-24/h7-9,16-18H,1,10-13H2,2-6H3/t16-,17+,18-/m0/s1. The Morgan fingerprint density at radius 1 is 1.19 bits per heavy atom. The number of methoxy groups -OCH3 is 1. The van der Waals surface area contributed by atoms with Gasteiger partial charge in [-0.1, -0.05) is 6.58 Å². The van der Waals surface area contributed by atoms with Gasteiger partial charge in [0.2, 0.25) is 5.91 Å². The Hall–Kier alpha value is -2.69. The van der Waals surface area contributed by atoms with Crippen LogP contribution in [0, 0.1) is 13.8 Å². The molecule has 190 valence electrons. The molecule has 5 rings (SSSR count). The third-order valence-corrected chi connectivity index (χ3v) is 9.17. The van der Waals surface area contributed by atoms with Gasteiger partial charge < -0.3 is 14.5 Å². The van der Waals surface area contributed by atoms with E-state index >= 15 is 0 Å². The van der Waals surface area contributed by atoms with Crippen LogP contribution in [-0.4, -0.2) is 68.9 Å². The number of ether oxygens (including phenoxy) is 1. The van der Waals surface area contributed by atoms with Crippen LogP contribution in [0.4, 0.5) is 5.82 Å². The highest BCUT2D eigenvalue weighted by molar-refractivity contribution is 7.99. The summed E-state index contributed by atoms with van der Waals surface area (Å²) in [6.07, 6.45) is 1.27. The van der Waals surface area contributed by atoms with Gasteiger partial charge in [0.05, 0.1) is 28.7 Å². The van der Waals surface area contributed by atoms with Crippen molar-refractivity contribution in [3.05, 3.63) is 46.5 Å². The van der Waals surface area contributed by atoms with E-state index in [4.69, 9.17) is 4.74 Å². The second-order valence-electron chi connectivity index (χ2n) is 9.68. The molecule has 1 aromatic carbocycles. The maximum absolute atomic E-state index is 13.5. The van der Waals surface area contributed by atoms with E-state index in [9.17, 15) is 9.59 Å². The lowest BCUT2D eigenvalue weighted by Gasteiger charge is -2.44. The molecule has 3 aromatic rings. The minimum atomic E-state index is -0.275. The lowest BCUT2D eigenvalue weighted by atomic mass is 10.0. The van der Waals surface area contributed by atoms with Crippen LogP contribution in [0.3, 0.4) is 0 Å². The number of nitrogens with zero attached hydrogens (tertiary/aromatic N) is 5. The van der Waals surface area contributed by atoms with Crippen LogP contribution in [0.15, 0.2) is 34.5 Å². The Kier molecular flexibility index (Phi) is 6.69. The molecule has 1 amide bonds. The van der Waals surface area contributed by atoms with Crippen molar-refractivity contribution in [1.29, 1.82) is 0 Å². The highest BCUT2D eigenvalue weighted by Gasteiger charge is 2.34. The maximum atomic E-state index is 13.5. The predicted octanol–water partition coefficient (Wildman–Crippen LogP) is 3.87. The summed E-state index contributed by atoms with van der Waals surface area (Å²) in [5.74, 6) is 1.36. The molecule has 2 aliphatic rings. The van der Waals surface area contributed by atoms with E-state index in [2.05, 4.69) is 39.9 Å². The number of aryl methyl sites for hydroxylation is 2. The zero-order valence-corrected chi connectivity index (χ0v) is 22.9. The first kappa shape index (κ1) is 25.0. The number of anilines is 1. The van der Waals surface area contributed by atoms with Crippen molar-refractivity contribution in [3.63, 3.8) is 0 Å². The van der Waals surface area contributed by atoms with E-state index in [1.54, 1.807) is 23.4 Å². The van der Waals surface area contributed by atoms with Gasteiger partial charge in [0.25, 0.3) is 0 Å². The summed E-state index contributed by atoms with van der Waals surface area (Å²) in [5, 5.41) is 0.958. The van der Waals surface area contributed by atoms with Crippen LogP contribution in [0.2, 0.25) is 0 Å². The molecule has 4 heterocycles. The molecule has 36 heavy (non-hydrogen) atoms. The molecule has 0 spiro atoms. The molecule has 1 fully saturated rings. The number of thioether (sulfide) groups is 1. The smallest absolute Gasteiger partial charge is 0.350 e. The fourth-order valence-electron chi connectivity index (χ4n) is 5.47. The molecule has 0 unspecified atom stereocenters. The number of carbonyl (C=O) groups excluding carboxylic acids is 1. The van der Waals surface area contributed by atoms with Crippen molar-refractivity contribution in [3.8, 4) is 10.4 Å². The number of hydrogen-bond acceptors (Lipinski definition) is 8. The lowest BCUT2D eigenvalue weighted by molar-refractivity contribution is -0.130. The minimum absolute atomic E-state index is 0.0403. The van der Waals surface area contributed by atoms with E-state index in [-0.39, 0.29) is 29.8 Å². The van der Waals surface area contributed by atoms with Crippen molar-refractivity contribution < 1.29 is 9.53 Å². The molecule has 0 N–H and O–H groups in total. The average Bonchev–Trinajstić information content (AvgIpc) is 3.16. The van der Waals surface area contributed by atoms with E-state index in [0.29, 0.717) is 25.5 Å². The molecule has 0 radical (unpaired) electrons. The van der Waals surface area contributed by atoms with E-state index in [1.165, 1.54) is 17.6 Å². The number of amides is 1. The zero-order chi connectivity index (χ0) is 25.7. The number of benzene rings is 1. The average molecular weight is 526 g/mol. The molecular formula is C26H31N5O3S2. The van der Waals surface area contributed by atoms with Gasteiger partial charge in [-0.25, -0.2) is 4.79 Å². The van der Waals surface area contributed by atoms with E-state index in [1.807, 2.05) is 25.7 Å². The van der Waals surface area contributed by atoms with Crippen LogP contribution in [0.25, 0.3) is 21.3 Å². The summed E-state index contributed by atoms with van der Waals surface area (Å²) in [6, 6.07) is 4.19. The normalized spacial score (nSPS) is 22.1. The molecule has 3 atom stereocenters. The first-order valence-corrected chi connectivity index (χ1v) is 13.9. The van der Waals surface area contributed by atoms with Gasteiger partial charge in [0.1, 0.15) is 5.82 Å². The Morgan fingerprint density at radius 2 is 1.92 bits per heavy atom. The van der Waals surface area contributed by atoms with Crippen molar-refractivity contribution in [1.82, 2.24) is 18.8 Å². The summed E-state index contributed by atoms with van der Waals surface area (Å²) in [4.78, 5) is 36.8. The highest BCUT2D eigenvalue weighted by Crippen LogP contribution is 2.44. The number of piperazine rings is 1. The first-order chi connectivity index (χ1) is 17.2. The van der Waals surface area contributed by atoms with Crippen LogP contribution >= 0.6 is 23.3 Å². The van der Waals surface area contributed by atoms with Crippen LogP contribution in [0.1, 0.15) is 25.1 Å². The van der Waals surface area contributed by atoms with Crippen molar-refractivity contribution in [2.24, 2.45) is 0 Å². The molecular weight excluding hydrogens is 494 g/mol. The number of rotatable bonds is 4. The zero-order valence-electron chi connectivity index (χ0n) is 21.3. The fourth-order valence-corrected chi connectivity index (χ4v) is 7.77. The summed E-state index contributed by atoms with van der Waals surface area (Å²) in [6.45, 7) is 13.5. The molecule has 2 aromatic heterocycles. The summed E-state index contributed by atoms with van der Waals surface area (Å²) < 4.78 is 12.0. The van der Waals surface area contributed by atoms with Crippen molar-refractivity contribution >= 4 is 45.9 Å². The monoisotopic (exact) mass is 525 g/mol. The van der Waals surface area contributed by atoms with Crippen LogP contribution in [-0.2, 0) is 16.1 Å². The fraction of sp³-hybridized carbons (Fsp3) is 0.462. The molecule has 0 saturated carbocycles. The van der Waals surface area contributed by atoms with Gasteiger partial charge in [-0.2, -0.15) is 9.36 Å². The Morgan fingerprint density at radius 3 is 2.53 bits per heavy atom. The Labute approximate surface area is 219 Å². The molecule has 1 saturated heterocycles. The van der Waals surface area contributed by atoms with Crippen LogP contribution < -0.4 is 10.6 Å². The summed E-state index contributed by atoms with van der Waals surface area (Å²) >= 11 is 3.22. The molecule has 10 heteroatoms. The van der Waals surface area contributed by atoms with Gasteiger partial charge >= 0.3 is 5.69 Å². The maximum Gasteiger partial charge on any atom is 0.350 e. The third-order valence-electron chi connectivity index (χ3n) is 7.05. The topological polar surface area (TPSA) is 80.6 Å². The van der Waals surface area contributed by atoms with Gasteiger partial charge in [-0.15, -0.1) is 11.8 Å². The second-order valence-corrected chi connectivity index (χ2v) is 11.5. The van der Waals surface area contributed by atoms with Crippen molar-refractivity contribution in [2.75, 3.05) is 30.9 Å². The SMILES string of the molecule is C=CC(=O)N1[C@H](C)CN(c2nc(=O)n3c4c(c(-c5cc(C)ns5)c(C)cc24)SC[C@@H](OC)C3)C[C@@H]1C. The Balaban J connectivity index is 1.72. The van der Waals surface area contributed by atoms with Gasteiger partial charge in [-0.05, 0) is 63.0 Å². The minimum Gasteiger partial charge on any atom is -0.379 e. The highest BCUT2D eigenvalue weighted by atomic mass is 32.2. The van der Waals surface area contributed by atoms with E-state index < -0.39 is 0 Å². The second kappa shape index (κ2) is 9.64. The first-order valence-electron chi connectivity index (χ1n) is 12.1. The van der Waals surface area contributed by atoms with Gasteiger partial charge in [-0.3, -0.25) is 9.36 Å². The summed E-state index contributed by atoms with van der Waals surface area (Å²) in [7, 11) is 1.69. The third kappa shape index (κ3) is 4.14. The summed E-state index contributed by atoms with van der Waals surface area (Å²) in [5.41, 5.74) is 3.87. The largest absolute Gasteiger partial charge is 0.379 e. The number of carbonyl (C=O) groups is 1. The predicted molar refractivity (Wildman–Crippen MR) is 146 cm³/mol. The van der Waals surface area contributed by atoms with Crippen molar-refractivity contribution in [2.45, 2.75) is 57.3 Å². The van der Waals surface area contributed by atoms with Gasteiger partial charge in [0, 0.05) is 53.9 Å². The molecule has 0 aliphatic carbocycles.